The third-order valence-electron chi connectivity index (χ3n) is 2.75. The van der Waals surface area contributed by atoms with Gasteiger partial charge in [0, 0.05) is 30.6 Å². The van der Waals surface area contributed by atoms with E-state index in [1.807, 2.05) is 18.2 Å². The molecule has 0 aliphatic carbocycles. The predicted octanol–water partition coefficient (Wildman–Crippen LogP) is 0.915. The zero-order valence-electron chi connectivity index (χ0n) is 11.0. The molecule has 5 heteroatoms. The average Bonchev–Trinajstić information content (AvgIpc) is 2.38. The molecule has 0 bridgehead atoms. The fourth-order valence-electron chi connectivity index (χ4n) is 1.52. The predicted molar refractivity (Wildman–Crippen MR) is 69.6 cm³/mol. The molecule has 0 aliphatic heterocycles. The number of hydrogen-bond donors (Lipinski definition) is 2. The van der Waals surface area contributed by atoms with Crippen LogP contribution in [0.2, 0.25) is 0 Å². The van der Waals surface area contributed by atoms with E-state index in [1.54, 1.807) is 21.1 Å². The Labute approximate surface area is 107 Å². The van der Waals surface area contributed by atoms with Crippen LogP contribution in [0.5, 0.6) is 11.5 Å². The number of amides is 1. The highest BCUT2D eigenvalue weighted by Gasteiger charge is 2.09. The van der Waals surface area contributed by atoms with E-state index in [0.29, 0.717) is 13.1 Å². The second-order valence-corrected chi connectivity index (χ2v) is 4.11. The van der Waals surface area contributed by atoms with Crippen LogP contribution in [0.1, 0.15) is 12.5 Å². The molecule has 0 fully saturated rings. The lowest BCUT2D eigenvalue weighted by molar-refractivity contribution is -0.121. The van der Waals surface area contributed by atoms with Gasteiger partial charge in [-0.1, -0.05) is 13.0 Å². The molecule has 1 rings (SSSR count). The molecular formula is C13H20N2O3. The molecular weight excluding hydrogens is 232 g/mol. The summed E-state index contributed by atoms with van der Waals surface area (Å²) in [5.74, 6) is 1.02. The summed E-state index contributed by atoms with van der Waals surface area (Å²) in [5, 5.41) is 3.17. The van der Waals surface area contributed by atoms with E-state index >= 15 is 0 Å². The van der Waals surface area contributed by atoms with E-state index in [1.165, 1.54) is 0 Å². The van der Waals surface area contributed by atoms with E-state index in [2.05, 4.69) is 5.32 Å². The Morgan fingerprint density at radius 3 is 2.67 bits per heavy atom. The molecule has 1 aromatic rings. The molecule has 18 heavy (non-hydrogen) atoms. The summed E-state index contributed by atoms with van der Waals surface area (Å²) in [6.07, 6.45) is 0. The Morgan fingerprint density at radius 1 is 1.39 bits per heavy atom. The summed E-state index contributed by atoms with van der Waals surface area (Å²) < 4.78 is 10.4. The SMILES string of the molecule is COc1ccc(CNCC(C)C(N)=O)c(OC)c1. The van der Waals surface area contributed by atoms with Crippen molar-refractivity contribution in [3.05, 3.63) is 23.8 Å². The van der Waals surface area contributed by atoms with E-state index in [-0.39, 0.29) is 11.8 Å². The monoisotopic (exact) mass is 252 g/mol. The van der Waals surface area contributed by atoms with Gasteiger partial charge in [-0.3, -0.25) is 4.79 Å². The van der Waals surface area contributed by atoms with Gasteiger partial charge in [0.2, 0.25) is 5.91 Å². The number of methoxy groups -OCH3 is 2. The average molecular weight is 252 g/mol. The van der Waals surface area contributed by atoms with Gasteiger partial charge in [0.15, 0.2) is 0 Å². The minimum Gasteiger partial charge on any atom is -0.497 e. The lowest BCUT2D eigenvalue weighted by atomic mass is 10.1. The number of carbonyl (C=O) groups is 1. The lowest BCUT2D eigenvalue weighted by Gasteiger charge is -2.12. The molecule has 0 aromatic heterocycles. The number of nitrogens with one attached hydrogen (secondary N) is 1. The number of hydrogen-bond acceptors (Lipinski definition) is 4. The molecule has 100 valence electrons. The first-order chi connectivity index (χ1) is 8.58. The standard InChI is InChI=1S/C13H20N2O3/c1-9(13(14)16)7-15-8-10-4-5-11(17-2)6-12(10)18-3/h4-6,9,15H,7-8H2,1-3H3,(H2,14,16). The molecule has 0 saturated heterocycles. The molecule has 0 heterocycles. The molecule has 1 aromatic carbocycles. The summed E-state index contributed by atoms with van der Waals surface area (Å²) in [7, 11) is 3.23. The fourth-order valence-corrected chi connectivity index (χ4v) is 1.52. The second-order valence-electron chi connectivity index (χ2n) is 4.11. The largest absolute Gasteiger partial charge is 0.497 e. The van der Waals surface area contributed by atoms with E-state index in [9.17, 15) is 4.79 Å². The summed E-state index contributed by atoms with van der Waals surface area (Å²) >= 11 is 0. The molecule has 1 atom stereocenters. The third kappa shape index (κ3) is 3.92. The van der Waals surface area contributed by atoms with Crippen LogP contribution in [0.25, 0.3) is 0 Å². The number of rotatable bonds is 7. The van der Waals surface area contributed by atoms with Crippen molar-refractivity contribution in [3.63, 3.8) is 0 Å². The molecule has 5 nitrogen and oxygen atoms in total. The van der Waals surface area contributed by atoms with Gasteiger partial charge in [-0.15, -0.1) is 0 Å². The van der Waals surface area contributed by atoms with Gasteiger partial charge in [0.1, 0.15) is 11.5 Å². The van der Waals surface area contributed by atoms with Crippen LogP contribution >= 0.6 is 0 Å². The van der Waals surface area contributed by atoms with Crippen LogP contribution < -0.4 is 20.5 Å². The lowest BCUT2D eigenvalue weighted by Crippen LogP contribution is -2.30. The van der Waals surface area contributed by atoms with Crippen molar-refractivity contribution in [2.75, 3.05) is 20.8 Å². The molecule has 0 saturated carbocycles. The quantitative estimate of drug-likeness (QED) is 0.756. The highest BCUT2D eigenvalue weighted by molar-refractivity contribution is 5.76. The number of primary amides is 1. The molecule has 1 amide bonds. The molecule has 1 unspecified atom stereocenters. The van der Waals surface area contributed by atoms with Crippen molar-refractivity contribution in [3.8, 4) is 11.5 Å². The van der Waals surface area contributed by atoms with Crippen LogP contribution in [0.4, 0.5) is 0 Å². The van der Waals surface area contributed by atoms with Crippen molar-refractivity contribution in [2.24, 2.45) is 11.7 Å². The first-order valence-electron chi connectivity index (χ1n) is 5.79. The Hall–Kier alpha value is -1.75. The zero-order valence-corrected chi connectivity index (χ0v) is 11.0. The Morgan fingerprint density at radius 2 is 2.11 bits per heavy atom. The minimum atomic E-state index is -0.302. The van der Waals surface area contributed by atoms with Gasteiger partial charge < -0.3 is 20.5 Å². The topological polar surface area (TPSA) is 73.6 Å². The maximum Gasteiger partial charge on any atom is 0.221 e. The van der Waals surface area contributed by atoms with E-state index in [4.69, 9.17) is 15.2 Å². The first kappa shape index (κ1) is 14.3. The van der Waals surface area contributed by atoms with Gasteiger partial charge in [-0.25, -0.2) is 0 Å². The van der Waals surface area contributed by atoms with Crippen LogP contribution in [0, 0.1) is 5.92 Å². The zero-order chi connectivity index (χ0) is 13.5. The van der Waals surface area contributed by atoms with Gasteiger partial charge in [0.25, 0.3) is 0 Å². The van der Waals surface area contributed by atoms with Gasteiger partial charge in [-0.2, -0.15) is 0 Å². The van der Waals surface area contributed by atoms with E-state index < -0.39 is 0 Å². The van der Waals surface area contributed by atoms with Crippen molar-refractivity contribution in [2.45, 2.75) is 13.5 Å². The molecule has 0 spiro atoms. The van der Waals surface area contributed by atoms with Crippen molar-refractivity contribution < 1.29 is 14.3 Å². The molecule has 0 aliphatic rings. The van der Waals surface area contributed by atoms with Crippen molar-refractivity contribution in [1.82, 2.24) is 5.32 Å². The summed E-state index contributed by atoms with van der Waals surface area (Å²) in [5.41, 5.74) is 6.20. The van der Waals surface area contributed by atoms with Crippen molar-refractivity contribution in [1.29, 1.82) is 0 Å². The smallest absolute Gasteiger partial charge is 0.221 e. The van der Waals surface area contributed by atoms with Crippen LogP contribution in [-0.4, -0.2) is 26.7 Å². The Bertz CT molecular complexity index is 407. The molecule has 3 N–H and O–H groups in total. The minimum absolute atomic E-state index is 0.186. The Kier molecular flexibility index (Phi) is 5.45. The summed E-state index contributed by atoms with van der Waals surface area (Å²) in [6, 6.07) is 5.63. The van der Waals surface area contributed by atoms with Crippen LogP contribution in [0.15, 0.2) is 18.2 Å². The Balaban J connectivity index is 2.59. The third-order valence-corrected chi connectivity index (χ3v) is 2.75. The highest BCUT2D eigenvalue weighted by Crippen LogP contribution is 2.24. The normalized spacial score (nSPS) is 11.9. The van der Waals surface area contributed by atoms with Gasteiger partial charge in [0.05, 0.1) is 14.2 Å². The maximum atomic E-state index is 10.9. The fraction of sp³-hybridized carbons (Fsp3) is 0.462. The summed E-state index contributed by atoms with van der Waals surface area (Å²) in [4.78, 5) is 10.9. The van der Waals surface area contributed by atoms with Gasteiger partial charge >= 0.3 is 0 Å². The van der Waals surface area contributed by atoms with Crippen molar-refractivity contribution >= 4 is 5.91 Å². The van der Waals surface area contributed by atoms with Crippen LogP contribution in [0.3, 0.4) is 0 Å². The highest BCUT2D eigenvalue weighted by atomic mass is 16.5. The van der Waals surface area contributed by atoms with Crippen LogP contribution in [-0.2, 0) is 11.3 Å². The molecule has 0 radical (unpaired) electrons. The number of nitrogens with two attached hydrogens (primary N) is 1. The van der Waals surface area contributed by atoms with E-state index in [0.717, 1.165) is 17.1 Å². The number of ether oxygens (including phenoxy) is 2. The first-order valence-corrected chi connectivity index (χ1v) is 5.79. The number of benzene rings is 1. The van der Waals surface area contributed by atoms with Gasteiger partial charge in [-0.05, 0) is 6.07 Å². The maximum absolute atomic E-state index is 10.9. The second kappa shape index (κ2) is 6.86. The summed E-state index contributed by atoms with van der Waals surface area (Å²) in [6.45, 7) is 2.95. The number of carbonyl (C=O) groups excluding carboxylic acids is 1.